The van der Waals surface area contributed by atoms with Crippen LogP contribution in [0.4, 0.5) is 0 Å². The first kappa shape index (κ1) is 21.4. The molecule has 0 spiro atoms. The van der Waals surface area contributed by atoms with Gasteiger partial charge in [-0.25, -0.2) is 4.79 Å². The number of aliphatic carboxylic acids is 1. The molecule has 2 aliphatic heterocycles. The maximum atomic E-state index is 12.7. The van der Waals surface area contributed by atoms with E-state index in [1.807, 2.05) is 0 Å². The van der Waals surface area contributed by atoms with Gasteiger partial charge in [-0.15, -0.1) is 22.0 Å². The number of carbonyl (C=O) groups is 3. The van der Waals surface area contributed by atoms with Gasteiger partial charge in [0.15, 0.2) is 11.3 Å². The van der Waals surface area contributed by atoms with Crippen LogP contribution in [0.1, 0.15) is 11.7 Å². The van der Waals surface area contributed by atoms with Crippen molar-refractivity contribution in [2.75, 3.05) is 11.5 Å². The van der Waals surface area contributed by atoms with E-state index >= 15 is 0 Å². The predicted octanol–water partition coefficient (Wildman–Crippen LogP) is 0.379. The van der Waals surface area contributed by atoms with Gasteiger partial charge in [0, 0.05) is 18.6 Å². The quantitative estimate of drug-likeness (QED) is 0.395. The Balaban J connectivity index is 1.46. The lowest BCUT2D eigenvalue weighted by atomic mass is 10.0. The van der Waals surface area contributed by atoms with Gasteiger partial charge in [0.25, 0.3) is 11.8 Å². The number of thioether (sulfide) groups is 2. The van der Waals surface area contributed by atoms with Crippen LogP contribution in [0.25, 0.3) is 0 Å². The summed E-state index contributed by atoms with van der Waals surface area (Å²) < 4.78 is 1.73. The van der Waals surface area contributed by atoms with Crippen molar-refractivity contribution >= 4 is 41.3 Å². The van der Waals surface area contributed by atoms with Gasteiger partial charge in [-0.05, 0) is 11.1 Å². The molecule has 3 heterocycles. The van der Waals surface area contributed by atoms with Crippen LogP contribution < -0.4 is 5.32 Å². The number of amides is 2. The molecule has 10 nitrogen and oxygen atoms in total. The number of aromatic nitrogens is 3. The molecule has 1 fully saturated rings. The van der Waals surface area contributed by atoms with E-state index in [-0.39, 0.29) is 5.70 Å². The number of hydrogen-bond donors (Lipinski definition) is 3. The topological polar surface area (TPSA) is 138 Å². The molecule has 2 aromatic rings. The minimum atomic E-state index is -1.41. The number of aryl methyl sites for hydroxylation is 1. The maximum absolute atomic E-state index is 12.7. The molecular weight excluding hydrogens is 442 g/mol. The number of hydrogen-bond acceptors (Lipinski definition) is 8. The second kappa shape index (κ2) is 8.73. The third-order valence-electron chi connectivity index (χ3n) is 4.96. The zero-order valence-corrected chi connectivity index (χ0v) is 18.0. The van der Waals surface area contributed by atoms with E-state index in [4.69, 9.17) is 0 Å². The predicted molar refractivity (Wildman–Crippen MR) is 113 cm³/mol. The van der Waals surface area contributed by atoms with Crippen LogP contribution in [-0.4, -0.2) is 70.6 Å². The highest BCUT2D eigenvalue weighted by Gasteiger charge is 2.54. The smallest absolute Gasteiger partial charge is 0.352 e. The third-order valence-corrected chi connectivity index (χ3v) is 7.42. The molecule has 0 bridgehead atoms. The molecule has 1 aromatic heterocycles. The van der Waals surface area contributed by atoms with Gasteiger partial charge in [-0.1, -0.05) is 42.1 Å². The van der Waals surface area contributed by atoms with Crippen LogP contribution in [-0.2, 0) is 21.4 Å². The van der Waals surface area contributed by atoms with E-state index in [1.165, 1.54) is 28.4 Å². The summed E-state index contributed by atoms with van der Waals surface area (Å²) in [5.74, 6) is -1.66. The molecule has 0 aliphatic carbocycles. The molecule has 0 radical (unpaired) electrons. The van der Waals surface area contributed by atoms with Crippen molar-refractivity contribution < 1.29 is 24.6 Å². The number of carboxylic acid groups (broad SMARTS) is 1. The standard InChI is InChI=1S/C19H19N5O5S2/c1-23-9-20-22-19(23)31-8-11-7-30-17-12(16(27)24(17)13(11)18(28)29)21-15(26)14(25)10-5-3-2-4-6-10/h2-6,9,12,14,17,25H,7-8H2,1H3,(H,21,26)(H,28,29)/t12?,14?,17-/m1/s1. The van der Waals surface area contributed by atoms with Gasteiger partial charge in [0.2, 0.25) is 0 Å². The van der Waals surface area contributed by atoms with Gasteiger partial charge in [0.05, 0.1) is 0 Å². The van der Waals surface area contributed by atoms with Crippen LogP contribution >= 0.6 is 23.5 Å². The van der Waals surface area contributed by atoms with Crippen LogP contribution in [0.15, 0.2) is 53.1 Å². The summed E-state index contributed by atoms with van der Waals surface area (Å²) in [7, 11) is 1.79. The largest absolute Gasteiger partial charge is 0.477 e. The van der Waals surface area contributed by atoms with E-state index in [0.29, 0.717) is 27.8 Å². The van der Waals surface area contributed by atoms with Crippen molar-refractivity contribution in [3.63, 3.8) is 0 Å². The minimum absolute atomic E-state index is 0.0578. The molecule has 2 amide bonds. The van der Waals surface area contributed by atoms with Gasteiger partial charge >= 0.3 is 5.97 Å². The lowest BCUT2D eigenvalue weighted by Crippen LogP contribution is -2.70. The first-order valence-corrected chi connectivity index (χ1v) is 11.3. The van der Waals surface area contributed by atoms with Crippen molar-refractivity contribution in [3.05, 3.63) is 53.5 Å². The number of rotatable bonds is 7. The second-order valence-electron chi connectivity index (χ2n) is 6.98. The number of benzene rings is 1. The number of nitrogens with zero attached hydrogens (tertiary/aromatic N) is 4. The van der Waals surface area contributed by atoms with E-state index in [2.05, 4.69) is 15.5 Å². The minimum Gasteiger partial charge on any atom is -0.477 e. The van der Waals surface area contributed by atoms with Crippen LogP contribution in [0.3, 0.4) is 0 Å². The molecular formula is C19H19N5O5S2. The van der Waals surface area contributed by atoms with Crippen LogP contribution in [0, 0.1) is 0 Å². The highest BCUT2D eigenvalue weighted by atomic mass is 32.2. The molecule has 1 saturated heterocycles. The Morgan fingerprint density at radius 3 is 2.74 bits per heavy atom. The van der Waals surface area contributed by atoms with E-state index < -0.39 is 35.3 Å². The van der Waals surface area contributed by atoms with E-state index in [9.17, 15) is 24.6 Å². The second-order valence-corrected chi connectivity index (χ2v) is 9.03. The molecule has 12 heteroatoms. The summed E-state index contributed by atoms with van der Waals surface area (Å²) in [6, 6.07) is 7.49. The van der Waals surface area contributed by atoms with Gasteiger partial charge in [-0.3, -0.25) is 14.5 Å². The fourth-order valence-electron chi connectivity index (χ4n) is 3.37. The number of β-lactam (4-membered cyclic amide) rings is 1. The summed E-state index contributed by atoms with van der Waals surface area (Å²) in [6.45, 7) is 0. The fraction of sp³-hybridized carbons (Fsp3) is 0.316. The molecule has 2 unspecified atom stereocenters. The highest BCUT2D eigenvalue weighted by Crippen LogP contribution is 2.41. The van der Waals surface area contributed by atoms with Crippen molar-refractivity contribution in [1.82, 2.24) is 25.0 Å². The van der Waals surface area contributed by atoms with Gasteiger partial charge in [-0.2, -0.15) is 0 Å². The normalized spacial score (nSPS) is 21.4. The first-order chi connectivity index (χ1) is 14.9. The van der Waals surface area contributed by atoms with Gasteiger partial charge < -0.3 is 20.1 Å². The van der Waals surface area contributed by atoms with E-state index in [0.717, 1.165) is 0 Å². The number of aliphatic hydroxyl groups excluding tert-OH is 1. The lowest BCUT2D eigenvalue weighted by Gasteiger charge is -2.49. The highest BCUT2D eigenvalue weighted by molar-refractivity contribution is 8.01. The molecule has 0 saturated carbocycles. The zero-order valence-electron chi connectivity index (χ0n) is 16.3. The average Bonchev–Trinajstić information content (AvgIpc) is 3.19. The number of fused-ring (bicyclic) bond motifs is 1. The molecule has 31 heavy (non-hydrogen) atoms. The number of carbonyl (C=O) groups excluding carboxylic acids is 2. The Hall–Kier alpha value is -2.83. The summed E-state index contributed by atoms with van der Waals surface area (Å²) in [6.07, 6.45) is 0.140. The van der Waals surface area contributed by atoms with E-state index in [1.54, 1.807) is 48.3 Å². The summed E-state index contributed by atoms with van der Waals surface area (Å²) in [5, 5.41) is 30.4. The fourth-order valence-corrected chi connectivity index (χ4v) is 5.74. The van der Waals surface area contributed by atoms with Crippen molar-refractivity contribution in [3.8, 4) is 0 Å². The van der Waals surface area contributed by atoms with Crippen molar-refractivity contribution in [1.29, 1.82) is 0 Å². The number of carboxylic acids is 1. The molecule has 3 N–H and O–H groups in total. The molecule has 3 atom stereocenters. The maximum Gasteiger partial charge on any atom is 0.352 e. The molecule has 1 aromatic carbocycles. The third kappa shape index (κ3) is 4.05. The average molecular weight is 462 g/mol. The Morgan fingerprint density at radius 1 is 1.35 bits per heavy atom. The summed E-state index contributed by atoms with van der Waals surface area (Å²) in [5.41, 5.74) is 0.954. The monoisotopic (exact) mass is 461 g/mol. The number of aliphatic hydroxyl groups is 1. The molecule has 162 valence electrons. The van der Waals surface area contributed by atoms with Crippen LogP contribution in [0.5, 0.6) is 0 Å². The Labute approximate surface area is 185 Å². The first-order valence-electron chi connectivity index (χ1n) is 9.28. The van der Waals surface area contributed by atoms with Crippen molar-refractivity contribution in [2.24, 2.45) is 7.05 Å². The summed E-state index contributed by atoms with van der Waals surface area (Å²) >= 11 is 2.71. The SMILES string of the molecule is Cn1cnnc1SCC1=C(C(=O)O)N2C(=O)C(NC(=O)C(O)c3ccccc3)[C@H]2SC1. The number of nitrogens with one attached hydrogen (secondary N) is 1. The van der Waals surface area contributed by atoms with Crippen LogP contribution in [0.2, 0.25) is 0 Å². The zero-order chi connectivity index (χ0) is 22.1. The summed E-state index contributed by atoms with van der Waals surface area (Å²) in [4.78, 5) is 38.3. The Kier molecular flexibility index (Phi) is 6.03. The lowest BCUT2D eigenvalue weighted by molar-refractivity contribution is -0.151. The molecule has 4 rings (SSSR count). The molecule has 2 aliphatic rings. The van der Waals surface area contributed by atoms with Crippen molar-refractivity contribution in [2.45, 2.75) is 22.7 Å². The van der Waals surface area contributed by atoms with Gasteiger partial charge in [0.1, 0.15) is 23.4 Å². The Bertz CT molecular complexity index is 1060. The Morgan fingerprint density at radius 2 is 2.10 bits per heavy atom.